The van der Waals surface area contributed by atoms with E-state index in [4.69, 9.17) is 9.96 Å². The third-order valence-corrected chi connectivity index (χ3v) is 5.32. The lowest BCUT2D eigenvalue weighted by atomic mass is 10.0. The predicted octanol–water partition coefficient (Wildman–Crippen LogP) is -1.07. The summed E-state index contributed by atoms with van der Waals surface area (Å²) in [5.74, 6) is -0.489. The molecule has 2 amide bonds. The molecule has 25 heavy (non-hydrogen) atoms. The number of hydroxylamine groups is 2. The van der Waals surface area contributed by atoms with Crippen molar-refractivity contribution in [1.82, 2.24) is 19.7 Å². The quantitative estimate of drug-likeness (QED) is 0.317. The largest absolute Gasteiger partial charge is 0.430 e. The summed E-state index contributed by atoms with van der Waals surface area (Å²) < 4.78 is 65.4. The van der Waals surface area contributed by atoms with Crippen molar-refractivity contribution in [2.45, 2.75) is 30.0 Å². The van der Waals surface area contributed by atoms with E-state index in [9.17, 15) is 21.6 Å². The molecule has 1 aromatic rings. The number of hydrogen-bond donors (Lipinski definition) is 3. The molecule has 2 aliphatic rings. The SMILES string of the molecule is N=C(NS(=O)(=O)c1cnco1)C1CCC2CN1C(=O)N2OS(=O)(=O)O. The van der Waals surface area contributed by atoms with Gasteiger partial charge in [0, 0.05) is 6.54 Å². The van der Waals surface area contributed by atoms with Crippen molar-refractivity contribution in [2.24, 2.45) is 0 Å². The molecule has 0 saturated carbocycles. The first-order valence-electron chi connectivity index (χ1n) is 6.85. The number of aromatic nitrogens is 1. The van der Waals surface area contributed by atoms with Crippen LogP contribution in [-0.2, 0) is 24.7 Å². The minimum absolute atomic E-state index is 0.0193. The topological polar surface area (TPSA) is 183 Å². The molecule has 2 fully saturated rings. The lowest BCUT2D eigenvalue weighted by Gasteiger charge is -2.30. The van der Waals surface area contributed by atoms with Gasteiger partial charge in [-0.2, -0.15) is 21.9 Å². The predicted molar refractivity (Wildman–Crippen MR) is 77.9 cm³/mol. The smallest absolute Gasteiger partial charge is 0.418 e. The first kappa shape index (κ1) is 17.6. The normalized spacial score (nSPS) is 23.8. The number of amides is 2. The molecule has 0 aromatic carbocycles. The summed E-state index contributed by atoms with van der Waals surface area (Å²) in [4.78, 5) is 16.8. The maximum absolute atomic E-state index is 12.2. The van der Waals surface area contributed by atoms with Gasteiger partial charge < -0.3 is 9.32 Å². The number of piperidine rings is 1. The van der Waals surface area contributed by atoms with E-state index in [0.717, 1.165) is 17.5 Å². The van der Waals surface area contributed by atoms with Gasteiger partial charge >= 0.3 is 16.4 Å². The summed E-state index contributed by atoms with van der Waals surface area (Å²) in [7, 11) is -9.05. The van der Waals surface area contributed by atoms with Gasteiger partial charge in [-0.05, 0) is 12.8 Å². The third kappa shape index (κ3) is 3.44. The summed E-state index contributed by atoms with van der Waals surface area (Å²) in [6.45, 7) is 0.0193. The number of fused-ring (bicyclic) bond motifs is 2. The Bertz CT molecular complexity index is 896. The highest BCUT2D eigenvalue weighted by Crippen LogP contribution is 2.31. The number of rotatable bonds is 5. The van der Waals surface area contributed by atoms with Gasteiger partial charge in [-0.15, -0.1) is 4.28 Å². The molecule has 3 heterocycles. The highest BCUT2D eigenvalue weighted by Gasteiger charge is 2.48. The third-order valence-electron chi connectivity index (χ3n) is 3.75. The molecule has 0 aliphatic carbocycles. The number of nitrogens with one attached hydrogen (secondary N) is 2. The second-order valence-corrected chi connectivity index (χ2v) is 7.97. The van der Waals surface area contributed by atoms with Crippen molar-refractivity contribution in [3.63, 3.8) is 0 Å². The molecule has 2 bridgehead atoms. The zero-order chi connectivity index (χ0) is 18.4. The van der Waals surface area contributed by atoms with Crippen LogP contribution in [0.3, 0.4) is 0 Å². The lowest BCUT2D eigenvalue weighted by Crippen LogP contribution is -2.50. The van der Waals surface area contributed by atoms with Crippen molar-refractivity contribution in [1.29, 1.82) is 5.41 Å². The Morgan fingerprint density at radius 2 is 2.12 bits per heavy atom. The Hall–Kier alpha value is -2.23. The highest BCUT2D eigenvalue weighted by atomic mass is 32.3. The molecule has 3 rings (SSSR count). The van der Waals surface area contributed by atoms with E-state index in [-0.39, 0.29) is 19.4 Å². The van der Waals surface area contributed by atoms with Crippen LogP contribution in [0.1, 0.15) is 12.8 Å². The minimum Gasteiger partial charge on any atom is -0.430 e. The zero-order valence-electron chi connectivity index (χ0n) is 12.4. The number of carbonyl (C=O) groups excluding carboxylic acids is 1. The standard InChI is InChI=1S/C10H13N5O8S2/c11-9(13-24(17,18)8-3-12-5-22-8)7-2-1-6-4-14(7)10(16)15(6)23-25(19,20)21/h3,5-7H,1-2,4H2,(H2,11,13)(H,19,20,21). The molecule has 13 nitrogen and oxygen atoms in total. The number of sulfonamides is 1. The summed E-state index contributed by atoms with van der Waals surface area (Å²) in [6.07, 6.45) is 2.31. The van der Waals surface area contributed by atoms with E-state index in [2.05, 4.69) is 13.7 Å². The average Bonchev–Trinajstić information content (AvgIpc) is 3.11. The number of amidine groups is 1. The highest BCUT2D eigenvalue weighted by molar-refractivity contribution is 7.89. The monoisotopic (exact) mass is 395 g/mol. The minimum atomic E-state index is -4.88. The van der Waals surface area contributed by atoms with E-state index in [0.29, 0.717) is 5.06 Å². The zero-order valence-corrected chi connectivity index (χ0v) is 14.0. The first-order valence-corrected chi connectivity index (χ1v) is 9.70. The molecular formula is C10H13N5O8S2. The molecular weight excluding hydrogens is 382 g/mol. The molecule has 138 valence electrons. The van der Waals surface area contributed by atoms with Gasteiger partial charge in [-0.25, -0.2) is 9.78 Å². The van der Waals surface area contributed by atoms with E-state index in [1.807, 2.05) is 4.72 Å². The molecule has 1 aromatic heterocycles. The van der Waals surface area contributed by atoms with Gasteiger partial charge in [-0.3, -0.25) is 14.7 Å². The van der Waals surface area contributed by atoms with Gasteiger partial charge in [0.05, 0.1) is 18.3 Å². The second kappa shape index (κ2) is 5.94. The molecule has 2 unspecified atom stereocenters. The summed E-state index contributed by atoms with van der Waals surface area (Å²) >= 11 is 0. The van der Waals surface area contributed by atoms with Gasteiger partial charge in [0.1, 0.15) is 5.84 Å². The van der Waals surface area contributed by atoms with E-state index in [1.54, 1.807) is 0 Å². The fourth-order valence-electron chi connectivity index (χ4n) is 2.73. The van der Waals surface area contributed by atoms with E-state index >= 15 is 0 Å². The van der Waals surface area contributed by atoms with Crippen LogP contribution in [0.15, 0.2) is 22.1 Å². The van der Waals surface area contributed by atoms with E-state index in [1.165, 1.54) is 0 Å². The number of urea groups is 1. The second-order valence-electron chi connectivity index (χ2n) is 5.35. The molecule has 2 aliphatic heterocycles. The molecule has 0 spiro atoms. The van der Waals surface area contributed by atoms with Gasteiger partial charge in [0.15, 0.2) is 6.39 Å². The molecule has 3 N–H and O–H groups in total. The van der Waals surface area contributed by atoms with Crippen LogP contribution in [0.4, 0.5) is 4.79 Å². The molecule has 2 atom stereocenters. The van der Waals surface area contributed by atoms with Crippen molar-refractivity contribution >= 4 is 32.3 Å². The lowest BCUT2D eigenvalue weighted by molar-refractivity contribution is -0.0316. The fourth-order valence-corrected chi connectivity index (χ4v) is 4.02. The van der Waals surface area contributed by atoms with Crippen LogP contribution in [0, 0.1) is 5.41 Å². The summed E-state index contributed by atoms with van der Waals surface area (Å²) in [6, 6.07) is -2.46. The Kier molecular flexibility index (Phi) is 4.18. The van der Waals surface area contributed by atoms with Gasteiger partial charge in [0.25, 0.3) is 15.1 Å². The summed E-state index contributed by atoms with van der Waals surface area (Å²) in [5.41, 5.74) is 0. The van der Waals surface area contributed by atoms with Crippen LogP contribution >= 0.6 is 0 Å². The maximum Gasteiger partial charge on any atom is 0.418 e. The molecule has 2 saturated heterocycles. The number of hydrogen-bond acceptors (Lipinski definition) is 9. The van der Waals surface area contributed by atoms with Crippen LogP contribution in [-0.4, -0.2) is 66.8 Å². The number of nitrogens with zero attached hydrogens (tertiary/aromatic N) is 3. The Balaban J connectivity index is 1.75. The number of oxazole rings is 1. The van der Waals surface area contributed by atoms with Crippen molar-refractivity contribution in [3.05, 3.63) is 12.6 Å². The van der Waals surface area contributed by atoms with Crippen LogP contribution in [0.2, 0.25) is 0 Å². The molecule has 0 radical (unpaired) electrons. The molecule has 15 heteroatoms. The average molecular weight is 395 g/mol. The van der Waals surface area contributed by atoms with Crippen molar-refractivity contribution in [3.8, 4) is 0 Å². The van der Waals surface area contributed by atoms with Crippen LogP contribution < -0.4 is 4.72 Å². The number of carbonyl (C=O) groups is 1. The van der Waals surface area contributed by atoms with Crippen LogP contribution in [0.25, 0.3) is 0 Å². The van der Waals surface area contributed by atoms with Crippen molar-refractivity contribution < 1.29 is 34.9 Å². The fraction of sp³-hybridized carbons (Fsp3) is 0.500. The Morgan fingerprint density at radius 1 is 1.40 bits per heavy atom. The maximum atomic E-state index is 12.2. The van der Waals surface area contributed by atoms with Gasteiger partial charge in [-0.1, -0.05) is 0 Å². The first-order chi connectivity index (χ1) is 11.6. The van der Waals surface area contributed by atoms with E-state index < -0.39 is 49.5 Å². The Morgan fingerprint density at radius 3 is 2.72 bits per heavy atom. The Labute approximate surface area is 142 Å². The summed E-state index contributed by atoms with van der Waals surface area (Å²) in [5, 5.41) is 7.97. The van der Waals surface area contributed by atoms with Crippen molar-refractivity contribution in [2.75, 3.05) is 6.54 Å². The van der Waals surface area contributed by atoms with Gasteiger partial charge in [0.2, 0.25) is 0 Å². The van der Waals surface area contributed by atoms with Crippen LogP contribution in [0.5, 0.6) is 0 Å².